The minimum atomic E-state index is -0.783. The molecule has 158 valence electrons. The number of amides is 1. The van der Waals surface area contributed by atoms with Crippen molar-refractivity contribution in [3.63, 3.8) is 0 Å². The van der Waals surface area contributed by atoms with Gasteiger partial charge in [-0.25, -0.2) is 0 Å². The zero-order valence-corrected chi connectivity index (χ0v) is 18.5. The molecule has 0 unspecified atom stereocenters. The molecular weight excluding hydrogens is 422 g/mol. The summed E-state index contributed by atoms with van der Waals surface area (Å²) in [4.78, 5) is 27.1. The lowest BCUT2D eigenvalue weighted by Gasteiger charge is -2.29. The monoisotopic (exact) mass is 445 g/mol. The minimum absolute atomic E-state index is 0.109. The topological polar surface area (TPSA) is 66.8 Å². The van der Waals surface area contributed by atoms with Gasteiger partial charge in [0.05, 0.1) is 22.9 Å². The van der Waals surface area contributed by atoms with Gasteiger partial charge < -0.3 is 14.7 Å². The molecule has 1 aliphatic rings. The lowest BCUT2D eigenvalue weighted by atomic mass is 9.97. The lowest BCUT2D eigenvalue weighted by molar-refractivity contribution is -0.144. The molecule has 0 aliphatic carbocycles. The van der Waals surface area contributed by atoms with Crippen LogP contribution in [0.5, 0.6) is 5.75 Å². The molecule has 5 nitrogen and oxygen atoms in total. The Morgan fingerprint density at radius 1 is 1.20 bits per heavy atom. The van der Waals surface area contributed by atoms with E-state index in [9.17, 15) is 9.59 Å². The normalized spacial score (nSPS) is 14.8. The zero-order valence-electron chi connectivity index (χ0n) is 16.9. The number of methoxy groups -OCH3 is 1. The number of carboxylic acids is 1. The van der Waals surface area contributed by atoms with E-state index in [2.05, 4.69) is 0 Å². The molecule has 1 heterocycles. The Kier molecular flexibility index (Phi) is 7.45. The van der Waals surface area contributed by atoms with Gasteiger partial charge in [-0.1, -0.05) is 35.5 Å². The van der Waals surface area contributed by atoms with Gasteiger partial charge in [-0.2, -0.15) is 0 Å². The molecule has 0 bridgehead atoms. The molecule has 1 aliphatic heterocycles. The molecule has 0 radical (unpaired) electrons. The van der Waals surface area contributed by atoms with Gasteiger partial charge in [-0.3, -0.25) is 9.59 Å². The summed E-state index contributed by atoms with van der Waals surface area (Å²) in [6.07, 6.45) is 4.29. The minimum Gasteiger partial charge on any atom is -0.496 e. The third-order valence-electron chi connectivity index (χ3n) is 5.17. The third kappa shape index (κ3) is 5.37. The summed E-state index contributed by atoms with van der Waals surface area (Å²) in [5.74, 6) is -0.458. The smallest absolute Gasteiger partial charge is 0.306 e. The first-order valence-electron chi connectivity index (χ1n) is 9.70. The number of ether oxygens (including phenoxy) is 1. The number of aryl methyl sites for hydroxylation is 1. The Balaban J connectivity index is 1.69. The highest BCUT2D eigenvalue weighted by molar-refractivity contribution is 7.99. The molecule has 0 spiro atoms. The fourth-order valence-corrected chi connectivity index (χ4v) is 4.68. The number of nitrogens with zero attached hydrogens (tertiary/aromatic N) is 1. The number of para-hydroxylation sites is 1. The molecule has 30 heavy (non-hydrogen) atoms. The van der Waals surface area contributed by atoms with E-state index in [1.54, 1.807) is 18.1 Å². The molecule has 1 fully saturated rings. The number of benzene rings is 2. The number of rotatable bonds is 6. The van der Waals surface area contributed by atoms with Crippen molar-refractivity contribution >= 4 is 41.3 Å². The van der Waals surface area contributed by atoms with Gasteiger partial charge in [0, 0.05) is 24.1 Å². The fraction of sp³-hybridized carbons (Fsp3) is 0.304. The molecule has 1 saturated heterocycles. The van der Waals surface area contributed by atoms with Gasteiger partial charge in [0.2, 0.25) is 5.91 Å². The van der Waals surface area contributed by atoms with Gasteiger partial charge in [0.1, 0.15) is 5.75 Å². The van der Waals surface area contributed by atoms with E-state index in [0.29, 0.717) is 31.0 Å². The highest BCUT2D eigenvalue weighted by Gasteiger charge is 2.26. The van der Waals surface area contributed by atoms with Crippen molar-refractivity contribution in [3.8, 4) is 5.75 Å². The van der Waals surface area contributed by atoms with Crippen LogP contribution in [-0.4, -0.2) is 42.1 Å². The van der Waals surface area contributed by atoms with Crippen LogP contribution in [-0.2, 0) is 9.59 Å². The first-order valence-corrected chi connectivity index (χ1v) is 10.9. The van der Waals surface area contributed by atoms with Crippen molar-refractivity contribution < 1.29 is 19.4 Å². The summed E-state index contributed by atoms with van der Waals surface area (Å²) in [6.45, 7) is 2.91. The largest absolute Gasteiger partial charge is 0.496 e. The number of halogens is 1. The molecule has 7 heteroatoms. The van der Waals surface area contributed by atoms with E-state index in [1.165, 1.54) is 17.8 Å². The fourth-order valence-electron chi connectivity index (χ4n) is 3.36. The zero-order chi connectivity index (χ0) is 21.7. The average Bonchev–Trinajstić information content (AvgIpc) is 2.75. The van der Waals surface area contributed by atoms with Crippen molar-refractivity contribution in [2.75, 3.05) is 20.2 Å². The van der Waals surface area contributed by atoms with Gasteiger partial charge in [-0.15, -0.1) is 0 Å². The number of hydrogen-bond donors (Lipinski definition) is 1. The summed E-state index contributed by atoms with van der Waals surface area (Å²) in [7, 11) is 1.64. The van der Waals surface area contributed by atoms with Crippen molar-refractivity contribution in [3.05, 3.63) is 58.6 Å². The Hall–Kier alpha value is -2.44. The first-order chi connectivity index (χ1) is 14.4. The van der Waals surface area contributed by atoms with Crippen LogP contribution in [0, 0.1) is 12.8 Å². The Morgan fingerprint density at radius 2 is 1.90 bits per heavy atom. The highest BCUT2D eigenvalue weighted by atomic mass is 35.5. The predicted molar refractivity (Wildman–Crippen MR) is 119 cm³/mol. The number of carbonyl (C=O) groups excluding carboxylic acids is 1. The van der Waals surface area contributed by atoms with E-state index in [4.69, 9.17) is 21.4 Å². The number of hydrogen-bond acceptors (Lipinski definition) is 4. The third-order valence-corrected chi connectivity index (χ3v) is 6.71. The molecule has 2 aromatic carbocycles. The molecule has 0 atom stereocenters. The standard InChI is InChI=1S/C23H24ClNO4S/c1-15-13-21(30-20-6-4-3-5-19(20)29-2)18(24)14-17(15)7-8-22(26)25-11-9-16(10-12-25)23(27)28/h3-8,13-14,16H,9-12H2,1-2H3,(H,27,28)/b8-7+. The summed E-state index contributed by atoms with van der Waals surface area (Å²) in [5.41, 5.74) is 1.88. The SMILES string of the molecule is COc1ccccc1Sc1cc(C)c(/C=C/C(=O)N2CCC(C(=O)O)CC2)cc1Cl. The number of carboxylic acid groups (broad SMARTS) is 1. The van der Waals surface area contributed by atoms with E-state index < -0.39 is 5.97 Å². The van der Waals surface area contributed by atoms with Crippen LogP contribution in [0.2, 0.25) is 5.02 Å². The Bertz CT molecular complexity index is 968. The van der Waals surface area contributed by atoms with Gasteiger partial charge in [0.25, 0.3) is 0 Å². The quantitative estimate of drug-likeness (QED) is 0.623. The molecule has 1 amide bonds. The van der Waals surface area contributed by atoms with Gasteiger partial charge in [0.15, 0.2) is 0 Å². The van der Waals surface area contributed by atoms with Crippen LogP contribution in [0.25, 0.3) is 6.08 Å². The van der Waals surface area contributed by atoms with Crippen LogP contribution < -0.4 is 4.74 Å². The van der Waals surface area contributed by atoms with E-state index >= 15 is 0 Å². The lowest BCUT2D eigenvalue weighted by Crippen LogP contribution is -2.39. The van der Waals surface area contributed by atoms with Crippen LogP contribution >= 0.6 is 23.4 Å². The second-order valence-electron chi connectivity index (χ2n) is 7.16. The van der Waals surface area contributed by atoms with Crippen LogP contribution in [0.15, 0.2) is 52.3 Å². The number of aliphatic carboxylic acids is 1. The number of carbonyl (C=O) groups is 2. The van der Waals surface area contributed by atoms with Gasteiger partial charge >= 0.3 is 5.97 Å². The van der Waals surface area contributed by atoms with Crippen molar-refractivity contribution in [2.45, 2.75) is 29.6 Å². The molecule has 1 N–H and O–H groups in total. The van der Waals surface area contributed by atoms with Crippen LogP contribution in [0.1, 0.15) is 24.0 Å². The Labute approximate surface area is 185 Å². The number of likely N-dealkylation sites (tertiary alicyclic amines) is 1. The van der Waals surface area contributed by atoms with Crippen LogP contribution in [0.3, 0.4) is 0 Å². The van der Waals surface area contributed by atoms with Crippen LogP contribution in [0.4, 0.5) is 0 Å². The number of piperidine rings is 1. The molecule has 0 aromatic heterocycles. The second kappa shape index (κ2) is 10.0. The molecular formula is C23H24ClNO4S. The van der Waals surface area contributed by atoms with Crippen molar-refractivity contribution in [1.29, 1.82) is 0 Å². The van der Waals surface area contributed by atoms with E-state index in [0.717, 1.165) is 26.7 Å². The average molecular weight is 446 g/mol. The first kappa shape index (κ1) is 22.2. The summed E-state index contributed by atoms with van der Waals surface area (Å²) < 4.78 is 5.40. The molecule has 2 aromatic rings. The summed E-state index contributed by atoms with van der Waals surface area (Å²) in [5, 5.41) is 9.68. The predicted octanol–water partition coefficient (Wildman–Crippen LogP) is 5.14. The van der Waals surface area contributed by atoms with Crippen molar-refractivity contribution in [1.82, 2.24) is 4.90 Å². The molecule has 3 rings (SSSR count). The van der Waals surface area contributed by atoms with Crippen molar-refractivity contribution in [2.24, 2.45) is 5.92 Å². The van der Waals surface area contributed by atoms with E-state index in [-0.39, 0.29) is 11.8 Å². The highest BCUT2D eigenvalue weighted by Crippen LogP contribution is 2.39. The van der Waals surface area contributed by atoms with E-state index in [1.807, 2.05) is 43.3 Å². The summed E-state index contributed by atoms with van der Waals surface area (Å²) in [6, 6.07) is 11.6. The molecule has 0 saturated carbocycles. The Morgan fingerprint density at radius 3 is 2.57 bits per heavy atom. The van der Waals surface area contributed by atoms with Gasteiger partial charge in [-0.05, 0) is 61.2 Å². The maximum atomic E-state index is 12.5. The maximum absolute atomic E-state index is 12.5. The second-order valence-corrected chi connectivity index (χ2v) is 8.65. The summed E-state index contributed by atoms with van der Waals surface area (Å²) >= 11 is 8.04. The maximum Gasteiger partial charge on any atom is 0.306 e.